The number of benzene rings is 1. The second kappa shape index (κ2) is 7.38. The van der Waals surface area contributed by atoms with Gasteiger partial charge in [0.05, 0.1) is 19.8 Å². The van der Waals surface area contributed by atoms with Crippen molar-refractivity contribution in [2.45, 2.75) is 19.1 Å². The molecule has 4 heteroatoms. The molecule has 0 bridgehead atoms. The lowest BCUT2D eigenvalue weighted by Gasteiger charge is -2.33. The number of hydrogen-bond donors (Lipinski definition) is 0. The first kappa shape index (κ1) is 15.0. The van der Waals surface area contributed by atoms with Gasteiger partial charge in [-0.15, -0.1) is 0 Å². The third kappa shape index (κ3) is 4.06. The summed E-state index contributed by atoms with van der Waals surface area (Å²) in [6, 6.07) is 12.4. The fraction of sp³-hybridized carbons (Fsp3) is 0.389. The molecule has 116 valence electrons. The highest BCUT2D eigenvalue weighted by Crippen LogP contribution is 2.16. The molecular weight excluding hydrogens is 276 g/mol. The Bertz CT molecular complexity index is 571. The predicted molar refractivity (Wildman–Crippen MR) is 86.0 cm³/mol. The van der Waals surface area contributed by atoms with Crippen molar-refractivity contribution in [3.8, 4) is 5.75 Å². The molecule has 1 aliphatic rings. The Balaban J connectivity index is 1.55. The van der Waals surface area contributed by atoms with Crippen LogP contribution < -0.4 is 4.74 Å². The molecule has 1 aliphatic heterocycles. The minimum atomic E-state index is 0.246. The summed E-state index contributed by atoms with van der Waals surface area (Å²) in [5, 5.41) is 0. The van der Waals surface area contributed by atoms with E-state index in [0.717, 1.165) is 38.4 Å². The molecule has 0 aliphatic carbocycles. The molecule has 1 atom stereocenters. The number of rotatable bonds is 5. The minimum Gasteiger partial charge on any atom is -0.497 e. The van der Waals surface area contributed by atoms with Crippen LogP contribution in [0.2, 0.25) is 0 Å². The van der Waals surface area contributed by atoms with Crippen LogP contribution >= 0.6 is 0 Å². The number of nitrogens with zero attached hydrogens (tertiary/aromatic N) is 2. The lowest BCUT2D eigenvalue weighted by Crippen LogP contribution is -2.42. The SMILES string of the molecule is COc1ccc(CN2CCOC(Cc3cccnc3)C2)cc1. The lowest BCUT2D eigenvalue weighted by atomic mass is 10.1. The second-order valence-corrected chi connectivity index (χ2v) is 5.64. The molecule has 0 spiro atoms. The van der Waals surface area contributed by atoms with Gasteiger partial charge in [0.2, 0.25) is 0 Å². The largest absolute Gasteiger partial charge is 0.497 e. The van der Waals surface area contributed by atoms with Crippen molar-refractivity contribution >= 4 is 0 Å². The van der Waals surface area contributed by atoms with Crippen LogP contribution in [-0.4, -0.2) is 42.8 Å². The van der Waals surface area contributed by atoms with Gasteiger partial charge in [0.1, 0.15) is 5.75 Å². The van der Waals surface area contributed by atoms with E-state index in [1.807, 2.05) is 24.4 Å². The first-order valence-electron chi connectivity index (χ1n) is 7.69. The van der Waals surface area contributed by atoms with Gasteiger partial charge >= 0.3 is 0 Å². The van der Waals surface area contributed by atoms with E-state index in [9.17, 15) is 0 Å². The van der Waals surface area contributed by atoms with Gasteiger partial charge in [0, 0.05) is 38.4 Å². The van der Waals surface area contributed by atoms with Gasteiger partial charge < -0.3 is 9.47 Å². The van der Waals surface area contributed by atoms with Crippen molar-refractivity contribution in [2.75, 3.05) is 26.8 Å². The highest BCUT2D eigenvalue weighted by Gasteiger charge is 2.20. The lowest BCUT2D eigenvalue weighted by molar-refractivity contribution is -0.0305. The smallest absolute Gasteiger partial charge is 0.118 e. The Morgan fingerprint density at radius 2 is 2.09 bits per heavy atom. The van der Waals surface area contributed by atoms with E-state index in [1.54, 1.807) is 13.3 Å². The van der Waals surface area contributed by atoms with Crippen molar-refractivity contribution in [3.63, 3.8) is 0 Å². The summed E-state index contributed by atoms with van der Waals surface area (Å²) in [5.74, 6) is 0.903. The fourth-order valence-corrected chi connectivity index (χ4v) is 2.82. The van der Waals surface area contributed by atoms with Crippen molar-refractivity contribution in [1.82, 2.24) is 9.88 Å². The minimum absolute atomic E-state index is 0.246. The van der Waals surface area contributed by atoms with Crippen LogP contribution in [0.25, 0.3) is 0 Å². The maximum Gasteiger partial charge on any atom is 0.118 e. The molecule has 0 saturated carbocycles. The third-order valence-corrected chi connectivity index (χ3v) is 3.97. The standard InChI is InChI=1S/C18H22N2O2/c1-21-17-6-4-15(5-7-17)13-20-9-10-22-18(14-20)11-16-3-2-8-19-12-16/h2-8,12,18H,9-11,13-14H2,1H3. The van der Waals surface area contributed by atoms with E-state index in [0.29, 0.717) is 0 Å². The molecular formula is C18H22N2O2. The number of ether oxygens (including phenoxy) is 2. The second-order valence-electron chi connectivity index (χ2n) is 5.64. The molecule has 2 aromatic rings. The zero-order valence-electron chi connectivity index (χ0n) is 12.9. The van der Waals surface area contributed by atoms with Gasteiger partial charge in [-0.25, -0.2) is 0 Å². The molecule has 1 aromatic heterocycles. The van der Waals surface area contributed by atoms with Gasteiger partial charge in [-0.05, 0) is 29.3 Å². The van der Waals surface area contributed by atoms with E-state index >= 15 is 0 Å². The average Bonchev–Trinajstić information content (AvgIpc) is 2.57. The Kier molecular flexibility index (Phi) is 5.03. The Labute approximate surface area is 131 Å². The molecule has 4 nitrogen and oxygen atoms in total. The van der Waals surface area contributed by atoms with Crippen molar-refractivity contribution in [3.05, 3.63) is 59.9 Å². The van der Waals surface area contributed by atoms with Crippen LogP contribution in [0.4, 0.5) is 0 Å². The van der Waals surface area contributed by atoms with Gasteiger partial charge in [-0.2, -0.15) is 0 Å². The molecule has 0 amide bonds. The molecule has 1 aromatic carbocycles. The summed E-state index contributed by atoms with van der Waals surface area (Å²) in [6.07, 6.45) is 4.90. The maximum absolute atomic E-state index is 5.90. The summed E-state index contributed by atoms with van der Waals surface area (Å²) in [4.78, 5) is 6.62. The number of morpholine rings is 1. The molecule has 1 saturated heterocycles. The quantitative estimate of drug-likeness (QED) is 0.849. The topological polar surface area (TPSA) is 34.6 Å². The molecule has 2 heterocycles. The van der Waals surface area contributed by atoms with E-state index in [4.69, 9.17) is 9.47 Å². The van der Waals surface area contributed by atoms with Crippen LogP contribution in [-0.2, 0) is 17.7 Å². The van der Waals surface area contributed by atoms with Crippen molar-refractivity contribution < 1.29 is 9.47 Å². The fourth-order valence-electron chi connectivity index (χ4n) is 2.82. The summed E-state index contributed by atoms with van der Waals surface area (Å²) >= 11 is 0. The van der Waals surface area contributed by atoms with E-state index in [1.165, 1.54) is 11.1 Å². The number of methoxy groups -OCH3 is 1. The Morgan fingerprint density at radius 3 is 2.82 bits per heavy atom. The molecule has 22 heavy (non-hydrogen) atoms. The van der Waals surface area contributed by atoms with Gasteiger partial charge in [0.25, 0.3) is 0 Å². The van der Waals surface area contributed by atoms with Crippen LogP contribution in [0.3, 0.4) is 0 Å². The van der Waals surface area contributed by atoms with Gasteiger partial charge in [-0.3, -0.25) is 9.88 Å². The number of hydrogen-bond acceptors (Lipinski definition) is 4. The molecule has 0 N–H and O–H groups in total. The first-order chi connectivity index (χ1) is 10.8. The number of pyridine rings is 1. The maximum atomic E-state index is 5.90. The van der Waals surface area contributed by atoms with Crippen LogP contribution in [0.15, 0.2) is 48.8 Å². The normalized spacial score (nSPS) is 19.0. The van der Waals surface area contributed by atoms with E-state index in [2.05, 4.69) is 28.1 Å². The predicted octanol–water partition coefficient (Wildman–Crippen LogP) is 2.53. The van der Waals surface area contributed by atoms with Crippen molar-refractivity contribution in [2.24, 2.45) is 0 Å². The molecule has 3 rings (SSSR count). The zero-order chi connectivity index (χ0) is 15.2. The van der Waals surface area contributed by atoms with Gasteiger partial charge in [-0.1, -0.05) is 18.2 Å². The molecule has 1 fully saturated rings. The molecule has 1 unspecified atom stereocenters. The highest BCUT2D eigenvalue weighted by molar-refractivity contribution is 5.27. The zero-order valence-corrected chi connectivity index (χ0v) is 12.9. The number of aromatic nitrogens is 1. The van der Waals surface area contributed by atoms with Crippen LogP contribution in [0, 0.1) is 0 Å². The van der Waals surface area contributed by atoms with Crippen LogP contribution in [0.5, 0.6) is 5.75 Å². The molecule has 0 radical (unpaired) electrons. The van der Waals surface area contributed by atoms with Gasteiger partial charge in [0.15, 0.2) is 0 Å². The highest BCUT2D eigenvalue weighted by atomic mass is 16.5. The Hall–Kier alpha value is -1.91. The Morgan fingerprint density at radius 1 is 1.23 bits per heavy atom. The monoisotopic (exact) mass is 298 g/mol. The average molecular weight is 298 g/mol. The van der Waals surface area contributed by atoms with E-state index < -0.39 is 0 Å². The van der Waals surface area contributed by atoms with Crippen LogP contribution in [0.1, 0.15) is 11.1 Å². The summed E-state index contributed by atoms with van der Waals surface area (Å²) in [7, 11) is 1.69. The first-order valence-corrected chi connectivity index (χ1v) is 7.69. The van der Waals surface area contributed by atoms with Crippen molar-refractivity contribution in [1.29, 1.82) is 0 Å². The summed E-state index contributed by atoms with van der Waals surface area (Å²) in [6.45, 7) is 3.69. The van der Waals surface area contributed by atoms with E-state index in [-0.39, 0.29) is 6.10 Å². The summed E-state index contributed by atoms with van der Waals surface area (Å²) < 4.78 is 11.1. The summed E-state index contributed by atoms with van der Waals surface area (Å²) in [5.41, 5.74) is 2.54. The third-order valence-electron chi connectivity index (χ3n) is 3.97.